The Hall–Kier alpha value is -2.78. The van der Waals surface area contributed by atoms with Crippen molar-refractivity contribution in [1.82, 2.24) is 5.32 Å². The first-order valence-electron chi connectivity index (χ1n) is 8.89. The predicted molar refractivity (Wildman–Crippen MR) is 123 cm³/mol. The average Bonchev–Trinajstić information content (AvgIpc) is 3.22. The van der Waals surface area contributed by atoms with Gasteiger partial charge in [-0.2, -0.15) is 0 Å². The number of hydrogen-bond donors (Lipinski definition) is 3. The molecule has 10 heteroatoms. The number of anilines is 1. The molecule has 0 radical (unpaired) electrons. The second-order valence-corrected chi connectivity index (χ2v) is 7.44. The van der Waals surface area contributed by atoms with Crippen molar-refractivity contribution in [1.29, 1.82) is 0 Å². The number of hydrogen-bond acceptors (Lipinski definition) is 6. The quantitative estimate of drug-likeness (QED) is 0.432. The molecule has 0 saturated heterocycles. The van der Waals surface area contributed by atoms with Crippen LogP contribution in [-0.4, -0.2) is 30.3 Å². The van der Waals surface area contributed by atoms with E-state index in [1.165, 1.54) is 26.4 Å². The molecule has 0 spiro atoms. The maximum absolute atomic E-state index is 12.6. The van der Waals surface area contributed by atoms with Crippen LogP contribution in [0.15, 0.2) is 46.9 Å². The summed E-state index contributed by atoms with van der Waals surface area (Å²) in [6, 6.07) is 11.6. The van der Waals surface area contributed by atoms with Crippen LogP contribution in [0.25, 0.3) is 11.3 Å². The number of benzene rings is 2. The normalized spacial score (nSPS) is 10.5. The minimum absolute atomic E-state index is 0.0407. The Bertz CT molecular complexity index is 1110. The third kappa shape index (κ3) is 5.29. The van der Waals surface area contributed by atoms with E-state index in [4.69, 9.17) is 49.3 Å². The number of ether oxygens (including phenoxy) is 2. The summed E-state index contributed by atoms with van der Waals surface area (Å²) in [4.78, 5) is 12.6. The largest absolute Gasteiger partial charge is 0.495 e. The van der Waals surface area contributed by atoms with Crippen LogP contribution < -0.4 is 20.1 Å². The Morgan fingerprint density at radius 3 is 2.39 bits per heavy atom. The van der Waals surface area contributed by atoms with E-state index in [-0.39, 0.29) is 33.1 Å². The smallest absolute Gasteiger partial charge is 0.257 e. The molecule has 0 saturated carbocycles. The van der Waals surface area contributed by atoms with Crippen LogP contribution in [0.2, 0.25) is 10.0 Å². The van der Waals surface area contributed by atoms with Crippen molar-refractivity contribution in [2.75, 3.05) is 19.5 Å². The molecule has 0 aliphatic heterocycles. The van der Waals surface area contributed by atoms with E-state index in [1.54, 1.807) is 30.3 Å². The molecule has 1 amide bonds. The lowest BCUT2D eigenvalue weighted by Gasteiger charge is -2.14. The average molecular weight is 481 g/mol. The Morgan fingerprint density at radius 2 is 1.81 bits per heavy atom. The van der Waals surface area contributed by atoms with Gasteiger partial charge < -0.3 is 24.3 Å². The lowest BCUT2D eigenvalue weighted by molar-refractivity contribution is 0.0977. The van der Waals surface area contributed by atoms with Gasteiger partial charge in [-0.25, -0.2) is 0 Å². The number of methoxy groups -OCH3 is 2. The van der Waals surface area contributed by atoms with Gasteiger partial charge in [0, 0.05) is 11.1 Å². The molecule has 0 aliphatic rings. The first-order chi connectivity index (χ1) is 14.9. The summed E-state index contributed by atoms with van der Waals surface area (Å²) in [7, 11) is 2.95. The summed E-state index contributed by atoms with van der Waals surface area (Å²) in [6.07, 6.45) is 0. The van der Waals surface area contributed by atoms with Crippen LogP contribution in [0, 0.1) is 0 Å². The molecular formula is C21H18Cl2N2O5S. The third-order valence-electron chi connectivity index (χ3n) is 4.24. The fraction of sp³-hybridized carbons (Fsp3) is 0.143. The van der Waals surface area contributed by atoms with Crippen molar-refractivity contribution >= 4 is 52.1 Å². The number of furan rings is 1. The van der Waals surface area contributed by atoms with Crippen LogP contribution in [0.3, 0.4) is 0 Å². The highest BCUT2D eigenvalue weighted by atomic mass is 35.5. The van der Waals surface area contributed by atoms with Crippen molar-refractivity contribution in [3.8, 4) is 22.8 Å². The Balaban J connectivity index is 1.78. The molecule has 3 aromatic rings. The van der Waals surface area contributed by atoms with Crippen LogP contribution in [0.5, 0.6) is 11.5 Å². The first-order valence-corrected chi connectivity index (χ1v) is 10.1. The summed E-state index contributed by atoms with van der Waals surface area (Å²) in [5, 5.41) is 15.1. The number of nitrogens with one attached hydrogen (secondary N) is 2. The van der Waals surface area contributed by atoms with Crippen molar-refractivity contribution in [2.45, 2.75) is 6.61 Å². The van der Waals surface area contributed by atoms with Crippen molar-refractivity contribution in [3.63, 3.8) is 0 Å². The van der Waals surface area contributed by atoms with E-state index in [9.17, 15) is 9.90 Å². The number of aliphatic hydroxyl groups excluding tert-OH is 1. The predicted octanol–water partition coefficient (Wildman–Crippen LogP) is 4.89. The van der Waals surface area contributed by atoms with E-state index >= 15 is 0 Å². The summed E-state index contributed by atoms with van der Waals surface area (Å²) in [6.45, 7) is -0.198. The van der Waals surface area contributed by atoms with Gasteiger partial charge in [0.15, 0.2) is 10.9 Å². The van der Waals surface area contributed by atoms with Gasteiger partial charge in [0.2, 0.25) is 0 Å². The Labute approximate surface area is 193 Å². The molecule has 1 aromatic heterocycles. The number of carbonyl (C=O) groups excluding carboxylic acids is 1. The fourth-order valence-electron chi connectivity index (χ4n) is 2.79. The molecule has 0 atom stereocenters. The summed E-state index contributed by atoms with van der Waals surface area (Å²) < 4.78 is 16.0. The number of amides is 1. The van der Waals surface area contributed by atoms with E-state index in [1.807, 2.05) is 0 Å². The highest BCUT2D eigenvalue weighted by Crippen LogP contribution is 2.34. The van der Waals surface area contributed by atoms with Gasteiger partial charge in [0.1, 0.15) is 23.9 Å². The molecule has 0 aliphatic carbocycles. The van der Waals surface area contributed by atoms with Crippen LogP contribution in [0.4, 0.5) is 5.69 Å². The maximum Gasteiger partial charge on any atom is 0.257 e. The number of rotatable bonds is 6. The van der Waals surface area contributed by atoms with Gasteiger partial charge in [0.25, 0.3) is 5.91 Å². The monoisotopic (exact) mass is 480 g/mol. The minimum atomic E-state index is -0.502. The highest BCUT2D eigenvalue weighted by Gasteiger charge is 2.16. The van der Waals surface area contributed by atoms with Gasteiger partial charge >= 0.3 is 0 Å². The molecule has 0 bridgehead atoms. The number of aliphatic hydroxyl groups is 1. The van der Waals surface area contributed by atoms with E-state index in [0.717, 1.165) is 5.56 Å². The second-order valence-electron chi connectivity index (χ2n) is 6.22. The van der Waals surface area contributed by atoms with E-state index in [2.05, 4.69) is 10.6 Å². The maximum atomic E-state index is 12.6. The molecule has 162 valence electrons. The summed E-state index contributed by atoms with van der Waals surface area (Å²) in [5.41, 5.74) is 1.46. The van der Waals surface area contributed by atoms with Crippen LogP contribution >= 0.6 is 35.4 Å². The summed E-state index contributed by atoms with van der Waals surface area (Å²) >= 11 is 17.5. The molecule has 1 heterocycles. The molecule has 0 unspecified atom stereocenters. The Kier molecular flexibility index (Phi) is 7.40. The molecule has 0 fully saturated rings. The zero-order chi connectivity index (χ0) is 22.5. The van der Waals surface area contributed by atoms with Crippen LogP contribution in [-0.2, 0) is 6.61 Å². The molecule has 3 N–H and O–H groups in total. The van der Waals surface area contributed by atoms with Gasteiger partial charge in [-0.3, -0.25) is 10.1 Å². The first kappa shape index (κ1) is 22.9. The molecular weight excluding hydrogens is 463 g/mol. The van der Waals surface area contributed by atoms with Crippen LogP contribution in [0.1, 0.15) is 16.1 Å². The van der Waals surface area contributed by atoms with Gasteiger partial charge in [-0.15, -0.1) is 0 Å². The lowest BCUT2D eigenvalue weighted by Crippen LogP contribution is -2.34. The SMILES string of the molecule is COc1ccc(-c2ccc(CO)o2)cc1NC(=S)NC(=O)c1cc(Cl)c(OC)c(Cl)c1. The lowest BCUT2D eigenvalue weighted by atomic mass is 10.1. The summed E-state index contributed by atoms with van der Waals surface area (Å²) in [5.74, 6) is 1.29. The topological polar surface area (TPSA) is 93.0 Å². The number of halogens is 2. The zero-order valence-corrected chi connectivity index (χ0v) is 18.8. The van der Waals surface area contributed by atoms with Crippen molar-refractivity contribution in [3.05, 3.63) is 63.8 Å². The van der Waals surface area contributed by atoms with Gasteiger partial charge in [0.05, 0.1) is 30.0 Å². The second kappa shape index (κ2) is 10.0. The number of carbonyl (C=O) groups is 1. The third-order valence-corrected chi connectivity index (χ3v) is 5.01. The minimum Gasteiger partial charge on any atom is -0.495 e. The molecule has 2 aromatic carbocycles. The standard InChI is InChI=1S/C21H18Cl2N2O5S/c1-28-18-5-3-11(17-6-4-13(10-26)30-17)9-16(18)24-21(31)25-20(27)12-7-14(22)19(29-2)15(23)8-12/h3-9,26H,10H2,1-2H3,(H2,24,25,27,31). The Morgan fingerprint density at radius 1 is 1.10 bits per heavy atom. The molecule has 31 heavy (non-hydrogen) atoms. The van der Waals surface area contributed by atoms with E-state index < -0.39 is 5.91 Å². The van der Waals surface area contributed by atoms with E-state index in [0.29, 0.717) is 23.0 Å². The van der Waals surface area contributed by atoms with Gasteiger partial charge in [-0.05, 0) is 54.7 Å². The molecule has 7 nitrogen and oxygen atoms in total. The zero-order valence-electron chi connectivity index (χ0n) is 16.5. The number of thiocarbonyl (C=S) groups is 1. The van der Waals surface area contributed by atoms with Crippen molar-refractivity contribution in [2.24, 2.45) is 0 Å². The fourth-order valence-corrected chi connectivity index (χ4v) is 3.64. The molecule has 3 rings (SSSR count). The van der Waals surface area contributed by atoms with Gasteiger partial charge in [-0.1, -0.05) is 23.2 Å². The highest BCUT2D eigenvalue weighted by molar-refractivity contribution is 7.80. The van der Waals surface area contributed by atoms with Crippen molar-refractivity contribution < 1.29 is 23.8 Å².